The summed E-state index contributed by atoms with van der Waals surface area (Å²) in [7, 11) is -3.26. The molecular weight excluding hydrogens is 288 g/mol. The van der Waals surface area contributed by atoms with Crippen LogP contribution in [0.25, 0.3) is 0 Å². The molecule has 0 unspecified atom stereocenters. The van der Waals surface area contributed by atoms with Crippen LogP contribution in [0, 0.1) is 5.41 Å². The van der Waals surface area contributed by atoms with Gasteiger partial charge in [-0.2, -0.15) is 0 Å². The summed E-state index contributed by atoms with van der Waals surface area (Å²) in [5.41, 5.74) is 6.89. The lowest BCUT2D eigenvalue weighted by molar-refractivity contribution is 0.305. The Morgan fingerprint density at radius 3 is 2.57 bits per heavy atom. The highest BCUT2D eigenvalue weighted by Crippen LogP contribution is 2.19. The van der Waals surface area contributed by atoms with Crippen molar-refractivity contribution in [3.8, 4) is 5.75 Å². The quantitative estimate of drug-likeness (QED) is 0.652. The normalized spacial score (nSPS) is 11.1. The minimum Gasteiger partial charge on any atom is -0.489 e. The molecule has 2 aromatic carbocycles. The fraction of sp³-hybridized carbons (Fsp3) is 0.133. The van der Waals surface area contributed by atoms with Crippen molar-refractivity contribution < 1.29 is 13.2 Å². The summed E-state index contributed by atoms with van der Waals surface area (Å²) in [5.74, 6) is 0.426. The van der Waals surface area contributed by atoms with Crippen LogP contribution < -0.4 is 10.5 Å². The van der Waals surface area contributed by atoms with Gasteiger partial charge in [0.15, 0.2) is 9.84 Å². The maximum absolute atomic E-state index is 11.5. The lowest BCUT2D eigenvalue weighted by Crippen LogP contribution is -2.14. The van der Waals surface area contributed by atoms with Crippen molar-refractivity contribution in [1.82, 2.24) is 0 Å². The largest absolute Gasteiger partial charge is 0.489 e. The molecule has 0 spiro atoms. The lowest BCUT2D eigenvalue weighted by atomic mass is 10.1. The lowest BCUT2D eigenvalue weighted by Gasteiger charge is -2.10. The molecule has 0 saturated carbocycles. The molecule has 0 aliphatic rings. The van der Waals surface area contributed by atoms with Gasteiger partial charge in [0.1, 0.15) is 18.2 Å². The van der Waals surface area contributed by atoms with Crippen LogP contribution in [-0.4, -0.2) is 20.5 Å². The van der Waals surface area contributed by atoms with Gasteiger partial charge < -0.3 is 10.5 Å². The summed E-state index contributed by atoms with van der Waals surface area (Å²) in [4.78, 5) is 0.208. The number of hydrogen-bond acceptors (Lipinski definition) is 4. The van der Waals surface area contributed by atoms with Crippen molar-refractivity contribution in [1.29, 1.82) is 5.41 Å². The van der Waals surface area contributed by atoms with Crippen molar-refractivity contribution in [3.05, 3.63) is 59.7 Å². The molecular formula is C15H16N2O3S. The van der Waals surface area contributed by atoms with E-state index in [0.717, 1.165) is 11.8 Å². The Morgan fingerprint density at radius 2 is 1.90 bits per heavy atom. The number of benzene rings is 2. The van der Waals surface area contributed by atoms with Gasteiger partial charge in [-0.15, -0.1) is 0 Å². The first kappa shape index (κ1) is 15.1. The van der Waals surface area contributed by atoms with E-state index >= 15 is 0 Å². The zero-order valence-electron chi connectivity index (χ0n) is 11.5. The Kier molecular flexibility index (Phi) is 4.28. The number of sulfone groups is 1. The topological polar surface area (TPSA) is 93.2 Å². The predicted octanol–water partition coefficient (Wildman–Crippen LogP) is 1.95. The molecule has 6 heteroatoms. The Bertz CT molecular complexity index is 770. The predicted molar refractivity (Wildman–Crippen MR) is 81.3 cm³/mol. The van der Waals surface area contributed by atoms with E-state index in [9.17, 15) is 8.42 Å². The molecule has 0 amide bonds. The third-order valence-electron chi connectivity index (χ3n) is 2.94. The van der Waals surface area contributed by atoms with Crippen LogP contribution in [-0.2, 0) is 16.4 Å². The summed E-state index contributed by atoms with van der Waals surface area (Å²) < 4.78 is 28.6. The monoisotopic (exact) mass is 304 g/mol. The number of hydrogen-bond donors (Lipinski definition) is 2. The van der Waals surface area contributed by atoms with Gasteiger partial charge in [0.05, 0.1) is 4.90 Å². The molecule has 3 N–H and O–H groups in total. The van der Waals surface area contributed by atoms with Gasteiger partial charge in [0, 0.05) is 17.4 Å². The molecule has 0 aromatic heterocycles. The summed E-state index contributed by atoms with van der Waals surface area (Å²) >= 11 is 0. The molecule has 0 saturated heterocycles. The Morgan fingerprint density at radius 1 is 1.19 bits per heavy atom. The van der Waals surface area contributed by atoms with Crippen molar-refractivity contribution >= 4 is 15.7 Å². The minimum absolute atomic E-state index is 0.0286. The van der Waals surface area contributed by atoms with E-state index in [1.54, 1.807) is 24.3 Å². The SMILES string of the molecule is CS(=O)(=O)c1cccc(OCc2ccccc2C(=N)N)c1. The summed E-state index contributed by atoms with van der Waals surface area (Å²) in [6, 6.07) is 13.5. The molecule has 2 rings (SSSR count). The first-order valence-electron chi connectivity index (χ1n) is 6.23. The van der Waals surface area contributed by atoms with Gasteiger partial charge in [-0.05, 0) is 18.2 Å². The maximum atomic E-state index is 11.5. The zero-order valence-corrected chi connectivity index (χ0v) is 12.4. The second-order valence-electron chi connectivity index (χ2n) is 4.61. The van der Waals surface area contributed by atoms with Crippen LogP contribution in [0.1, 0.15) is 11.1 Å². The van der Waals surface area contributed by atoms with Gasteiger partial charge in [-0.3, -0.25) is 5.41 Å². The Hall–Kier alpha value is -2.34. The fourth-order valence-electron chi connectivity index (χ4n) is 1.86. The second kappa shape index (κ2) is 5.97. The van der Waals surface area contributed by atoms with E-state index in [2.05, 4.69) is 0 Å². The van der Waals surface area contributed by atoms with E-state index in [0.29, 0.717) is 11.3 Å². The van der Waals surface area contributed by atoms with E-state index in [4.69, 9.17) is 15.9 Å². The maximum Gasteiger partial charge on any atom is 0.175 e. The van der Waals surface area contributed by atoms with Crippen molar-refractivity contribution in [2.75, 3.05) is 6.26 Å². The summed E-state index contributed by atoms with van der Waals surface area (Å²) in [5, 5.41) is 7.52. The number of rotatable bonds is 5. The zero-order chi connectivity index (χ0) is 15.5. The van der Waals surface area contributed by atoms with Gasteiger partial charge in [-0.25, -0.2) is 8.42 Å². The van der Waals surface area contributed by atoms with Crippen LogP contribution in [0.4, 0.5) is 0 Å². The first-order chi connectivity index (χ1) is 9.88. The smallest absolute Gasteiger partial charge is 0.175 e. The fourth-order valence-corrected chi connectivity index (χ4v) is 2.52. The molecule has 0 radical (unpaired) electrons. The average molecular weight is 304 g/mol. The van der Waals surface area contributed by atoms with Crippen LogP contribution in [0.15, 0.2) is 53.4 Å². The molecule has 0 heterocycles. The number of nitrogens with two attached hydrogens (primary N) is 1. The Balaban J connectivity index is 2.20. The Labute approximate surface area is 123 Å². The molecule has 110 valence electrons. The molecule has 21 heavy (non-hydrogen) atoms. The highest BCUT2D eigenvalue weighted by atomic mass is 32.2. The molecule has 0 aliphatic carbocycles. The van der Waals surface area contributed by atoms with E-state index in [-0.39, 0.29) is 17.3 Å². The summed E-state index contributed by atoms with van der Waals surface area (Å²) in [6.45, 7) is 0.211. The third-order valence-corrected chi connectivity index (χ3v) is 4.05. The van der Waals surface area contributed by atoms with Gasteiger partial charge in [0.2, 0.25) is 0 Å². The molecule has 2 aromatic rings. The van der Waals surface area contributed by atoms with Crippen molar-refractivity contribution in [2.24, 2.45) is 5.73 Å². The highest BCUT2D eigenvalue weighted by molar-refractivity contribution is 7.90. The van der Waals surface area contributed by atoms with Crippen molar-refractivity contribution in [2.45, 2.75) is 11.5 Å². The van der Waals surface area contributed by atoms with Crippen LogP contribution in [0.5, 0.6) is 5.75 Å². The van der Waals surface area contributed by atoms with Crippen LogP contribution in [0.2, 0.25) is 0 Å². The third kappa shape index (κ3) is 3.82. The van der Waals surface area contributed by atoms with Crippen molar-refractivity contribution in [3.63, 3.8) is 0 Å². The highest BCUT2D eigenvalue weighted by Gasteiger charge is 2.09. The van der Waals surface area contributed by atoms with Gasteiger partial charge in [-0.1, -0.05) is 30.3 Å². The average Bonchev–Trinajstić information content (AvgIpc) is 2.45. The molecule has 0 bridgehead atoms. The number of amidine groups is 1. The standard InChI is InChI=1S/C15H16N2O3S/c1-21(18,19)13-7-4-6-12(9-13)20-10-11-5-2-3-8-14(11)15(16)17/h2-9H,10H2,1H3,(H3,16,17). The minimum atomic E-state index is -3.26. The number of ether oxygens (including phenoxy) is 1. The second-order valence-corrected chi connectivity index (χ2v) is 6.62. The summed E-state index contributed by atoms with van der Waals surface area (Å²) in [6.07, 6.45) is 1.15. The number of nitrogens with one attached hydrogen (secondary N) is 1. The first-order valence-corrected chi connectivity index (χ1v) is 8.12. The van der Waals surface area contributed by atoms with Gasteiger partial charge in [0.25, 0.3) is 0 Å². The van der Waals surface area contributed by atoms with E-state index in [1.807, 2.05) is 12.1 Å². The molecule has 0 fully saturated rings. The van der Waals surface area contributed by atoms with Crippen LogP contribution >= 0.6 is 0 Å². The van der Waals surface area contributed by atoms with E-state index in [1.165, 1.54) is 12.1 Å². The molecule has 0 aliphatic heterocycles. The molecule has 5 nitrogen and oxygen atoms in total. The number of nitrogen functional groups attached to an aromatic ring is 1. The van der Waals surface area contributed by atoms with E-state index < -0.39 is 9.84 Å². The molecule has 0 atom stereocenters. The van der Waals surface area contributed by atoms with Crippen LogP contribution in [0.3, 0.4) is 0 Å². The van der Waals surface area contributed by atoms with Gasteiger partial charge >= 0.3 is 0 Å².